The summed E-state index contributed by atoms with van der Waals surface area (Å²) in [6.07, 6.45) is 2.26. The van der Waals surface area contributed by atoms with Crippen LogP contribution in [0.4, 0.5) is 0 Å². The number of hydrogen-bond donors (Lipinski definition) is 2. The molecule has 0 aliphatic carbocycles. The van der Waals surface area contributed by atoms with Gasteiger partial charge in [-0.25, -0.2) is 0 Å². The molecule has 104 valence electrons. The number of hydrogen-bond acceptors (Lipinski definition) is 2. The van der Waals surface area contributed by atoms with Crippen LogP contribution in [0.5, 0.6) is 0 Å². The van der Waals surface area contributed by atoms with Gasteiger partial charge in [-0.3, -0.25) is 4.79 Å². The van der Waals surface area contributed by atoms with Crippen molar-refractivity contribution >= 4 is 17.5 Å². The topological polar surface area (TPSA) is 41.1 Å². The second-order valence-electron chi connectivity index (χ2n) is 5.33. The van der Waals surface area contributed by atoms with Gasteiger partial charge < -0.3 is 10.6 Å². The van der Waals surface area contributed by atoms with E-state index in [0.717, 1.165) is 24.9 Å². The molecule has 1 aliphatic heterocycles. The Morgan fingerprint density at radius 1 is 1.42 bits per heavy atom. The van der Waals surface area contributed by atoms with Gasteiger partial charge in [0.05, 0.1) is 12.1 Å². The van der Waals surface area contributed by atoms with E-state index < -0.39 is 0 Å². The van der Waals surface area contributed by atoms with E-state index >= 15 is 0 Å². The highest BCUT2D eigenvalue weighted by Gasteiger charge is 2.28. The number of amides is 1. The molecule has 3 nitrogen and oxygen atoms in total. The maximum atomic E-state index is 12.3. The van der Waals surface area contributed by atoms with Gasteiger partial charge >= 0.3 is 0 Å². The Morgan fingerprint density at radius 2 is 2.11 bits per heavy atom. The van der Waals surface area contributed by atoms with Gasteiger partial charge in [0.2, 0.25) is 5.91 Å². The smallest absolute Gasteiger partial charge is 0.237 e. The fourth-order valence-corrected chi connectivity index (χ4v) is 2.66. The Labute approximate surface area is 119 Å². The van der Waals surface area contributed by atoms with E-state index in [2.05, 4.69) is 17.6 Å². The van der Waals surface area contributed by atoms with Gasteiger partial charge in [0, 0.05) is 5.02 Å². The number of carbonyl (C=O) groups is 1. The molecule has 1 aliphatic rings. The molecule has 3 atom stereocenters. The summed E-state index contributed by atoms with van der Waals surface area (Å²) in [5, 5.41) is 7.09. The van der Waals surface area contributed by atoms with Gasteiger partial charge in [0.15, 0.2) is 0 Å². The molecule has 0 saturated carbocycles. The van der Waals surface area contributed by atoms with E-state index in [0.29, 0.717) is 10.9 Å². The fourth-order valence-electron chi connectivity index (χ4n) is 2.54. The summed E-state index contributed by atoms with van der Waals surface area (Å²) in [5.74, 6) is 0.487. The van der Waals surface area contributed by atoms with E-state index in [1.54, 1.807) is 0 Å². The minimum Gasteiger partial charge on any atom is -0.348 e. The molecule has 2 unspecified atom stereocenters. The Hall–Kier alpha value is -1.06. The van der Waals surface area contributed by atoms with Gasteiger partial charge in [-0.05, 0) is 49.9 Å². The maximum Gasteiger partial charge on any atom is 0.237 e. The van der Waals surface area contributed by atoms with Crippen LogP contribution in [0.2, 0.25) is 5.02 Å². The molecule has 1 amide bonds. The summed E-state index contributed by atoms with van der Waals surface area (Å²) in [5.41, 5.74) is 1.07. The lowest BCUT2D eigenvalue weighted by Gasteiger charge is -2.30. The van der Waals surface area contributed by atoms with Crippen LogP contribution < -0.4 is 10.6 Å². The average Bonchev–Trinajstić information content (AvgIpc) is 2.39. The molecule has 0 bridgehead atoms. The van der Waals surface area contributed by atoms with Crippen LogP contribution in [0, 0.1) is 5.92 Å². The number of rotatable bonds is 3. The highest BCUT2D eigenvalue weighted by molar-refractivity contribution is 6.30. The molecule has 0 aromatic heterocycles. The van der Waals surface area contributed by atoms with Crippen molar-refractivity contribution in [2.45, 2.75) is 38.8 Å². The molecule has 2 N–H and O–H groups in total. The fraction of sp³-hybridized carbons (Fsp3) is 0.533. The third kappa shape index (κ3) is 3.71. The van der Waals surface area contributed by atoms with E-state index in [-0.39, 0.29) is 18.0 Å². The lowest BCUT2D eigenvalue weighted by Crippen LogP contribution is -2.51. The number of carbonyl (C=O) groups excluding carboxylic acids is 1. The van der Waals surface area contributed by atoms with Gasteiger partial charge in [0.1, 0.15) is 0 Å². The minimum atomic E-state index is -0.0662. The lowest BCUT2D eigenvalue weighted by atomic mass is 9.92. The van der Waals surface area contributed by atoms with Crippen LogP contribution in [0.25, 0.3) is 0 Å². The Bertz CT molecular complexity index is 432. The highest BCUT2D eigenvalue weighted by atomic mass is 35.5. The molecule has 1 aromatic carbocycles. The first-order valence-corrected chi connectivity index (χ1v) is 7.25. The molecule has 1 fully saturated rings. The number of piperidine rings is 1. The van der Waals surface area contributed by atoms with Crippen molar-refractivity contribution in [1.29, 1.82) is 0 Å². The van der Waals surface area contributed by atoms with Crippen molar-refractivity contribution in [3.05, 3.63) is 34.9 Å². The quantitative estimate of drug-likeness (QED) is 0.894. The number of halogens is 1. The van der Waals surface area contributed by atoms with Gasteiger partial charge in [0.25, 0.3) is 0 Å². The Balaban J connectivity index is 1.96. The van der Waals surface area contributed by atoms with Crippen LogP contribution >= 0.6 is 11.6 Å². The molecule has 0 spiro atoms. The molecule has 2 rings (SSSR count). The van der Waals surface area contributed by atoms with Crippen molar-refractivity contribution in [1.82, 2.24) is 10.6 Å². The van der Waals surface area contributed by atoms with E-state index in [9.17, 15) is 4.79 Å². The van der Waals surface area contributed by atoms with Gasteiger partial charge in [-0.1, -0.05) is 30.7 Å². The van der Waals surface area contributed by atoms with Gasteiger partial charge in [-0.2, -0.15) is 0 Å². The Kier molecular flexibility index (Phi) is 4.83. The van der Waals surface area contributed by atoms with Crippen LogP contribution in [0.15, 0.2) is 24.3 Å². The molecule has 0 radical (unpaired) electrons. The second kappa shape index (κ2) is 6.40. The summed E-state index contributed by atoms with van der Waals surface area (Å²) in [6.45, 7) is 5.05. The summed E-state index contributed by atoms with van der Waals surface area (Å²) >= 11 is 5.87. The minimum absolute atomic E-state index is 0.000642. The van der Waals surface area contributed by atoms with Crippen LogP contribution in [0.1, 0.15) is 38.3 Å². The first kappa shape index (κ1) is 14.4. The van der Waals surface area contributed by atoms with E-state index in [1.807, 2.05) is 31.2 Å². The monoisotopic (exact) mass is 280 g/mol. The maximum absolute atomic E-state index is 12.3. The second-order valence-corrected chi connectivity index (χ2v) is 5.77. The lowest BCUT2D eigenvalue weighted by molar-refractivity contribution is -0.125. The zero-order valence-electron chi connectivity index (χ0n) is 11.4. The largest absolute Gasteiger partial charge is 0.348 e. The van der Waals surface area contributed by atoms with Crippen molar-refractivity contribution in [3.8, 4) is 0 Å². The third-order valence-electron chi connectivity index (χ3n) is 3.78. The van der Waals surface area contributed by atoms with Crippen molar-refractivity contribution in [2.75, 3.05) is 6.54 Å². The third-order valence-corrected chi connectivity index (χ3v) is 4.03. The SMILES string of the molecule is CC1CCCNC1C(=O)N[C@@H](C)c1ccc(Cl)cc1. The summed E-state index contributed by atoms with van der Waals surface area (Å²) in [4.78, 5) is 12.3. The van der Waals surface area contributed by atoms with Crippen molar-refractivity contribution in [2.24, 2.45) is 5.92 Å². The normalized spacial score (nSPS) is 24.8. The van der Waals surface area contributed by atoms with Crippen LogP contribution in [-0.4, -0.2) is 18.5 Å². The van der Waals surface area contributed by atoms with Crippen LogP contribution in [-0.2, 0) is 4.79 Å². The standard InChI is InChI=1S/C15H21ClN2O/c1-10-4-3-9-17-14(10)15(19)18-11(2)12-5-7-13(16)8-6-12/h5-8,10-11,14,17H,3-4,9H2,1-2H3,(H,18,19)/t10?,11-,14?/m0/s1. The molecular formula is C15H21ClN2O. The van der Waals surface area contributed by atoms with Crippen molar-refractivity contribution < 1.29 is 4.79 Å². The van der Waals surface area contributed by atoms with Gasteiger partial charge in [-0.15, -0.1) is 0 Å². The first-order chi connectivity index (χ1) is 9.08. The number of nitrogens with one attached hydrogen (secondary N) is 2. The summed E-state index contributed by atoms with van der Waals surface area (Å²) < 4.78 is 0. The zero-order chi connectivity index (χ0) is 13.8. The predicted molar refractivity (Wildman–Crippen MR) is 78.2 cm³/mol. The summed E-state index contributed by atoms with van der Waals surface area (Å²) in [7, 11) is 0. The highest BCUT2D eigenvalue weighted by Crippen LogP contribution is 2.19. The zero-order valence-corrected chi connectivity index (χ0v) is 12.2. The molecule has 4 heteroatoms. The van der Waals surface area contributed by atoms with Crippen LogP contribution in [0.3, 0.4) is 0 Å². The molecule has 19 heavy (non-hydrogen) atoms. The molecular weight excluding hydrogens is 260 g/mol. The molecule has 1 heterocycles. The van der Waals surface area contributed by atoms with E-state index in [1.165, 1.54) is 0 Å². The average molecular weight is 281 g/mol. The number of benzene rings is 1. The predicted octanol–water partition coefficient (Wildman–Crippen LogP) is 2.91. The Morgan fingerprint density at radius 3 is 2.74 bits per heavy atom. The van der Waals surface area contributed by atoms with Crippen molar-refractivity contribution in [3.63, 3.8) is 0 Å². The molecule has 1 aromatic rings. The van der Waals surface area contributed by atoms with E-state index in [4.69, 9.17) is 11.6 Å². The molecule has 1 saturated heterocycles. The first-order valence-electron chi connectivity index (χ1n) is 6.87. The summed E-state index contributed by atoms with van der Waals surface area (Å²) in [6, 6.07) is 7.53.